The van der Waals surface area contributed by atoms with Crippen molar-refractivity contribution in [3.05, 3.63) is 11.3 Å². The maximum Gasteiger partial charge on any atom is 0.407 e. The van der Waals surface area contributed by atoms with Gasteiger partial charge in [0, 0.05) is 5.57 Å². The van der Waals surface area contributed by atoms with E-state index in [0.29, 0.717) is 5.76 Å². The first-order valence-electron chi connectivity index (χ1n) is 3.67. The van der Waals surface area contributed by atoms with Crippen LogP contribution in [-0.2, 0) is 27.1 Å². The normalized spacial score (nSPS) is 55.9. The molecule has 6 aliphatic heterocycles. The molecule has 6 heterocycles. The van der Waals surface area contributed by atoms with E-state index in [4.69, 9.17) is 27.1 Å². The van der Waals surface area contributed by atoms with Crippen LogP contribution in [-0.4, -0.2) is 12.3 Å². The summed E-state index contributed by atoms with van der Waals surface area (Å²) in [5.41, 5.74) is 0.832. The lowest BCUT2D eigenvalue weighted by Crippen LogP contribution is -2.37. The zero-order chi connectivity index (χ0) is 8.63. The van der Waals surface area contributed by atoms with Crippen LogP contribution in [0.3, 0.4) is 0 Å². The van der Waals surface area contributed by atoms with Crippen molar-refractivity contribution in [2.75, 3.05) is 0 Å². The van der Waals surface area contributed by atoms with E-state index in [1.54, 1.807) is 0 Å². The Morgan fingerprint density at radius 1 is 1.15 bits per heavy atom. The average molecular weight is 222 g/mol. The van der Waals surface area contributed by atoms with Crippen LogP contribution in [0.25, 0.3) is 0 Å². The molecule has 6 aliphatic rings. The lowest BCUT2D eigenvalue weighted by molar-refractivity contribution is -0.271. The minimum Gasteiger partial charge on any atom is -0.422 e. The van der Waals surface area contributed by atoms with E-state index in [1.165, 1.54) is 0 Å². The molecule has 0 radical (unpaired) electrons. The minimum atomic E-state index is -1.31. The second-order valence-electron chi connectivity index (χ2n) is 2.92. The van der Waals surface area contributed by atoms with E-state index in [0.717, 1.165) is 5.57 Å². The van der Waals surface area contributed by atoms with Gasteiger partial charge in [0.1, 0.15) is 0 Å². The van der Waals surface area contributed by atoms with Crippen molar-refractivity contribution in [1.82, 2.24) is 0 Å². The molecule has 0 aromatic heterocycles. The summed E-state index contributed by atoms with van der Waals surface area (Å²) >= 11 is 0. The van der Waals surface area contributed by atoms with Crippen molar-refractivity contribution in [2.24, 2.45) is 0 Å². The molecule has 0 amide bonds. The van der Waals surface area contributed by atoms with E-state index < -0.39 is 23.2 Å². The van der Waals surface area contributed by atoms with Gasteiger partial charge in [0.15, 0.2) is 5.76 Å². The number of rotatable bonds is 0. The molecule has 0 atom stereocenters. The lowest BCUT2D eigenvalue weighted by Gasteiger charge is -2.35. The molecule has 0 aromatic rings. The fraction of sp³-hybridized carbons (Fsp3) is 0.600. The molecule has 0 aromatic carbocycles. The third-order valence-electron chi connectivity index (χ3n) is 2.10. The zero-order valence-electron chi connectivity index (χ0n) is 6.42. The Morgan fingerprint density at radius 3 is 2.62 bits per heavy atom. The predicted octanol–water partition coefficient (Wildman–Crippen LogP) is 1.85. The van der Waals surface area contributed by atoms with Gasteiger partial charge in [-0.25, -0.2) is 13.6 Å². The molecule has 0 unspecified atom stereocenters. The first kappa shape index (κ1) is 7.49. The monoisotopic (exact) mass is 222 g/mol. The topological polar surface area (TPSA) is 55.4 Å². The maximum absolute atomic E-state index is 5.34. The molecule has 4 bridgehead atoms. The molecule has 8 heteroatoms. The highest BCUT2D eigenvalue weighted by Gasteiger charge is 2.70. The molecular weight excluding hydrogens is 218 g/mol. The number of hydrogen-bond acceptors (Lipinski definition) is 6. The summed E-state index contributed by atoms with van der Waals surface area (Å²) in [7, 11) is -2.51. The fourth-order valence-electron chi connectivity index (χ4n) is 1.41. The molecular formula is C5H4O6P2. The first-order chi connectivity index (χ1) is 6.27. The minimum absolute atomic E-state index is 0.344. The van der Waals surface area contributed by atoms with Gasteiger partial charge in [-0.3, -0.25) is 9.05 Å². The van der Waals surface area contributed by atoms with E-state index in [9.17, 15) is 0 Å². The maximum atomic E-state index is 5.34. The predicted molar refractivity (Wildman–Crippen MR) is 39.6 cm³/mol. The Bertz CT molecular complexity index is 317. The molecule has 0 aliphatic carbocycles. The van der Waals surface area contributed by atoms with Gasteiger partial charge in [-0.05, 0) is 6.92 Å². The van der Waals surface area contributed by atoms with Gasteiger partial charge < -0.3 is 4.52 Å². The number of hydrogen-bond donors (Lipinski definition) is 0. The lowest BCUT2D eigenvalue weighted by atomic mass is 10.2. The van der Waals surface area contributed by atoms with Crippen LogP contribution in [0.15, 0.2) is 11.3 Å². The van der Waals surface area contributed by atoms with Crippen LogP contribution in [0, 0.1) is 0 Å². The summed E-state index contributed by atoms with van der Waals surface area (Å²) in [5.74, 6) is -0.557. The molecule has 6 rings (SSSR count). The average Bonchev–Trinajstić information content (AvgIpc) is 2.42. The van der Waals surface area contributed by atoms with Crippen LogP contribution in [0.4, 0.5) is 0 Å². The van der Waals surface area contributed by atoms with Gasteiger partial charge in [0.05, 0.1) is 0 Å². The van der Waals surface area contributed by atoms with Crippen molar-refractivity contribution >= 4 is 17.2 Å². The molecule has 13 heavy (non-hydrogen) atoms. The summed E-state index contributed by atoms with van der Waals surface area (Å²) in [4.78, 5) is 0. The van der Waals surface area contributed by atoms with Crippen molar-refractivity contribution in [2.45, 2.75) is 19.2 Å². The zero-order valence-corrected chi connectivity index (χ0v) is 8.21. The van der Waals surface area contributed by atoms with Gasteiger partial charge in [0.2, 0.25) is 6.29 Å². The largest absolute Gasteiger partial charge is 0.422 e. The standard InChI is InChI=1S/C5H4O6P2/c1-2-3-5(10-13(6-3)11-5)9-12-7-4(2)8-12/h4H,1H3. The highest BCUT2D eigenvalue weighted by atomic mass is 31.2. The van der Waals surface area contributed by atoms with E-state index in [1.807, 2.05) is 6.92 Å². The van der Waals surface area contributed by atoms with Crippen LogP contribution in [0.5, 0.6) is 0 Å². The van der Waals surface area contributed by atoms with Crippen molar-refractivity contribution in [3.63, 3.8) is 0 Å². The summed E-state index contributed by atoms with van der Waals surface area (Å²) in [6.45, 7) is 1.85. The quantitative estimate of drug-likeness (QED) is 0.583. The Kier molecular flexibility index (Phi) is 1.19. The molecule has 4 fully saturated rings. The molecule has 0 N–H and O–H groups in total. The summed E-state index contributed by atoms with van der Waals surface area (Å²) in [6, 6.07) is 0. The van der Waals surface area contributed by atoms with Gasteiger partial charge >= 0.3 is 23.2 Å². The van der Waals surface area contributed by atoms with E-state index in [2.05, 4.69) is 0 Å². The van der Waals surface area contributed by atoms with Crippen molar-refractivity contribution in [1.29, 1.82) is 0 Å². The Morgan fingerprint density at radius 2 is 1.85 bits per heavy atom. The molecule has 70 valence electrons. The summed E-state index contributed by atoms with van der Waals surface area (Å²) in [5, 5.41) is 0. The van der Waals surface area contributed by atoms with Crippen LogP contribution in [0.1, 0.15) is 6.92 Å². The third kappa shape index (κ3) is 0.748. The van der Waals surface area contributed by atoms with Gasteiger partial charge in [-0.2, -0.15) is 0 Å². The van der Waals surface area contributed by atoms with E-state index >= 15 is 0 Å². The Labute approximate surface area is 75.7 Å². The summed E-state index contributed by atoms with van der Waals surface area (Å²) in [6.07, 6.45) is -0.344. The highest BCUT2D eigenvalue weighted by Crippen LogP contribution is 2.76. The second-order valence-corrected chi connectivity index (χ2v) is 4.97. The second kappa shape index (κ2) is 2.07. The summed E-state index contributed by atoms with van der Waals surface area (Å²) < 4.78 is 31.8. The molecule has 0 saturated carbocycles. The van der Waals surface area contributed by atoms with Crippen molar-refractivity contribution in [3.8, 4) is 0 Å². The van der Waals surface area contributed by atoms with E-state index in [-0.39, 0.29) is 6.29 Å². The first-order valence-corrected chi connectivity index (χ1v) is 5.86. The highest BCUT2D eigenvalue weighted by molar-refractivity contribution is 7.45. The van der Waals surface area contributed by atoms with Crippen LogP contribution < -0.4 is 0 Å². The van der Waals surface area contributed by atoms with Crippen LogP contribution in [0.2, 0.25) is 0 Å². The van der Waals surface area contributed by atoms with Gasteiger partial charge in [-0.1, -0.05) is 0 Å². The third-order valence-corrected chi connectivity index (χ3v) is 4.33. The SMILES string of the molecule is CC1=C2OP3OC2(OP2OC1O2)O3. The van der Waals surface area contributed by atoms with Crippen molar-refractivity contribution < 1.29 is 27.1 Å². The van der Waals surface area contributed by atoms with Gasteiger partial charge in [-0.15, -0.1) is 0 Å². The van der Waals surface area contributed by atoms with Crippen LogP contribution >= 0.6 is 17.2 Å². The molecule has 1 spiro atoms. The van der Waals surface area contributed by atoms with Gasteiger partial charge in [0.25, 0.3) is 0 Å². The Balaban J connectivity index is 1.88. The smallest absolute Gasteiger partial charge is 0.407 e. The molecule has 4 saturated heterocycles. The fourth-order valence-corrected chi connectivity index (χ4v) is 3.74. The molecule has 6 nitrogen and oxygen atoms in total. The Hall–Kier alpha value is 0.200.